The molecule has 2 heterocycles. The third-order valence-electron chi connectivity index (χ3n) is 3.83. The van der Waals surface area contributed by atoms with Gasteiger partial charge in [0.25, 0.3) is 0 Å². The van der Waals surface area contributed by atoms with Crippen LogP contribution in [0.4, 0.5) is 0 Å². The lowest BCUT2D eigenvalue weighted by molar-refractivity contribution is -0.119. The Balaban J connectivity index is 2.18. The highest BCUT2D eigenvalue weighted by Gasteiger charge is 2.19. The summed E-state index contributed by atoms with van der Waals surface area (Å²) in [6.45, 7) is 3.80. The summed E-state index contributed by atoms with van der Waals surface area (Å²) in [6, 6.07) is 7.09. The summed E-state index contributed by atoms with van der Waals surface area (Å²) < 4.78 is 0. The normalized spacial score (nSPS) is 11.0. The Morgan fingerprint density at radius 2 is 2.17 bits per heavy atom. The quantitative estimate of drug-likeness (QED) is 0.796. The second kappa shape index (κ2) is 6.27. The van der Waals surface area contributed by atoms with E-state index in [0.29, 0.717) is 17.8 Å². The first-order chi connectivity index (χ1) is 11.5. The van der Waals surface area contributed by atoms with Crippen molar-refractivity contribution in [3.63, 3.8) is 0 Å². The van der Waals surface area contributed by atoms with Gasteiger partial charge in [-0.05, 0) is 25.5 Å². The molecule has 0 saturated heterocycles. The fourth-order valence-corrected chi connectivity index (χ4v) is 2.66. The number of phenols is 1. The van der Waals surface area contributed by atoms with Gasteiger partial charge in [0.2, 0.25) is 5.91 Å². The number of aromatic hydroxyl groups is 1. The van der Waals surface area contributed by atoms with Gasteiger partial charge in [-0.1, -0.05) is 19.1 Å². The number of rotatable bonds is 4. The minimum atomic E-state index is -0.0396. The molecule has 1 amide bonds. The zero-order chi connectivity index (χ0) is 17.3. The largest absolute Gasteiger partial charge is 0.506 e. The number of pyridine rings is 1. The van der Waals surface area contributed by atoms with Crippen LogP contribution in [0, 0.1) is 6.92 Å². The van der Waals surface area contributed by atoms with Crippen LogP contribution in [-0.4, -0.2) is 37.9 Å². The van der Waals surface area contributed by atoms with E-state index >= 15 is 0 Å². The standard InChI is InChI=1S/C17H19N5O2/c1-4-6-15(24)21(3)22-17(18-10-19-22)13-9-11(2)20-16-12(13)7-5-8-14(16)23/h5,7-10,23H,4,6H2,1-3H3. The first-order valence-corrected chi connectivity index (χ1v) is 7.79. The van der Waals surface area contributed by atoms with E-state index in [1.54, 1.807) is 19.2 Å². The molecule has 0 aliphatic carbocycles. The number of aryl methyl sites for hydroxylation is 1. The molecule has 1 aromatic carbocycles. The topological polar surface area (TPSA) is 84.1 Å². The van der Waals surface area contributed by atoms with E-state index in [0.717, 1.165) is 23.1 Å². The van der Waals surface area contributed by atoms with E-state index in [1.807, 2.05) is 26.0 Å². The summed E-state index contributed by atoms with van der Waals surface area (Å²) in [5.74, 6) is 0.601. The highest BCUT2D eigenvalue weighted by atomic mass is 16.3. The monoisotopic (exact) mass is 325 g/mol. The molecule has 0 spiro atoms. The van der Waals surface area contributed by atoms with Gasteiger partial charge in [-0.15, -0.1) is 9.89 Å². The average Bonchev–Trinajstić information content (AvgIpc) is 3.04. The van der Waals surface area contributed by atoms with Crippen molar-refractivity contribution in [1.82, 2.24) is 19.9 Å². The highest BCUT2D eigenvalue weighted by molar-refractivity contribution is 5.96. The number of para-hydroxylation sites is 1. The van der Waals surface area contributed by atoms with Gasteiger partial charge >= 0.3 is 0 Å². The fraction of sp³-hybridized carbons (Fsp3) is 0.294. The summed E-state index contributed by atoms with van der Waals surface area (Å²) in [6.07, 6.45) is 2.61. The van der Waals surface area contributed by atoms with E-state index in [9.17, 15) is 9.90 Å². The summed E-state index contributed by atoms with van der Waals surface area (Å²) >= 11 is 0. The SMILES string of the molecule is CCCC(=O)N(C)n1ncnc1-c1cc(C)nc2c(O)cccc12. The molecule has 0 fully saturated rings. The molecular weight excluding hydrogens is 306 g/mol. The predicted octanol–water partition coefficient (Wildman–Crippen LogP) is 2.40. The highest BCUT2D eigenvalue weighted by Crippen LogP contribution is 2.31. The van der Waals surface area contributed by atoms with Crippen molar-refractivity contribution in [2.75, 3.05) is 12.1 Å². The maximum absolute atomic E-state index is 12.2. The molecule has 3 rings (SSSR count). The van der Waals surface area contributed by atoms with E-state index < -0.39 is 0 Å². The molecule has 0 atom stereocenters. The molecular formula is C17H19N5O2. The van der Waals surface area contributed by atoms with Crippen LogP contribution in [0.3, 0.4) is 0 Å². The van der Waals surface area contributed by atoms with E-state index in [4.69, 9.17) is 0 Å². The first kappa shape index (κ1) is 15.9. The molecule has 7 nitrogen and oxygen atoms in total. The molecule has 124 valence electrons. The Morgan fingerprint density at radius 1 is 1.38 bits per heavy atom. The van der Waals surface area contributed by atoms with Gasteiger partial charge in [0.05, 0.1) is 0 Å². The number of benzene rings is 1. The van der Waals surface area contributed by atoms with Gasteiger partial charge in [0.15, 0.2) is 5.82 Å². The van der Waals surface area contributed by atoms with Gasteiger partial charge in [-0.2, -0.15) is 0 Å². The number of carbonyl (C=O) groups excluding carboxylic acids is 1. The summed E-state index contributed by atoms with van der Waals surface area (Å²) in [5, 5.41) is 16.5. The molecule has 24 heavy (non-hydrogen) atoms. The van der Waals surface area contributed by atoms with Crippen LogP contribution < -0.4 is 5.01 Å². The Bertz CT molecular complexity index is 903. The van der Waals surface area contributed by atoms with Crippen molar-refractivity contribution in [2.24, 2.45) is 0 Å². The average molecular weight is 325 g/mol. The number of carbonyl (C=O) groups is 1. The van der Waals surface area contributed by atoms with Crippen LogP contribution in [0.2, 0.25) is 0 Å². The summed E-state index contributed by atoms with van der Waals surface area (Å²) in [7, 11) is 1.67. The molecule has 2 aromatic heterocycles. The van der Waals surface area contributed by atoms with Crippen molar-refractivity contribution in [1.29, 1.82) is 0 Å². The zero-order valence-corrected chi connectivity index (χ0v) is 13.9. The Hall–Kier alpha value is -2.96. The first-order valence-electron chi connectivity index (χ1n) is 7.79. The molecule has 0 bridgehead atoms. The van der Waals surface area contributed by atoms with E-state index in [-0.39, 0.29) is 11.7 Å². The Kier molecular flexibility index (Phi) is 4.16. The van der Waals surface area contributed by atoms with Crippen molar-refractivity contribution in [3.05, 3.63) is 36.3 Å². The third kappa shape index (κ3) is 2.68. The number of nitrogens with zero attached hydrogens (tertiary/aromatic N) is 5. The van der Waals surface area contributed by atoms with Crippen LogP contribution in [0.25, 0.3) is 22.3 Å². The number of fused-ring (bicyclic) bond motifs is 1. The second-order valence-electron chi connectivity index (χ2n) is 5.62. The lowest BCUT2D eigenvalue weighted by Crippen LogP contribution is -2.37. The molecule has 0 unspecified atom stereocenters. The van der Waals surface area contributed by atoms with Gasteiger partial charge in [-0.3, -0.25) is 4.79 Å². The number of hydrogen-bond acceptors (Lipinski definition) is 5. The minimum Gasteiger partial charge on any atom is -0.506 e. The smallest absolute Gasteiger partial charge is 0.242 e. The zero-order valence-electron chi connectivity index (χ0n) is 13.9. The third-order valence-corrected chi connectivity index (χ3v) is 3.83. The lowest BCUT2D eigenvalue weighted by atomic mass is 10.1. The summed E-state index contributed by atoms with van der Waals surface area (Å²) in [5.41, 5.74) is 2.02. The Labute approximate surface area is 139 Å². The van der Waals surface area contributed by atoms with Gasteiger partial charge in [0.1, 0.15) is 17.6 Å². The molecule has 0 aliphatic rings. The van der Waals surface area contributed by atoms with Crippen molar-refractivity contribution in [3.8, 4) is 17.1 Å². The van der Waals surface area contributed by atoms with Gasteiger partial charge in [0, 0.05) is 30.1 Å². The maximum Gasteiger partial charge on any atom is 0.242 e. The number of aromatic nitrogens is 4. The Morgan fingerprint density at radius 3 is 2.92 bits per heavy atom. The molecule has 7 heteroatoms. The molecule has 0 aliphatic heterocycles. The number of amides is 1. The van der Waals surface area contributed by atoms with Crippen LogP contribution in [-0.2, 0) is 4.79 Å². The van der Waals surface area contributed by atoms with Crippen LogP contribution in [0.15, 0.2) is 30.6 Å². The maximum atomic E-state index is 12.2. The van der Waals surface area contributed by atoms with Crippen LogP contribution in [0.5, 0.6) is 5.75 Å². The van der Waals surface area contributed by atoms with Crippen molar-refractivity contribution < 1.29 is 9.90 Å². The molecule has 3 aromatic rings. The van der Waals surface area contributed by atoms with Crippen LogP contribution >= 0.6 is 0 Å². The van der Waals surface area contributed by atoms with Crippen molar-refractivity contribution >= 4 is 16.8 Å². The predicted molar refractivity (Wildman–Crippen MR) is 91.2 cm³/mol. The van der Waals surface area contributed by atoms with E-state index in [1.165, 1.54) is 16.1 Å². The number of hydrogen-bond donors (Lipinski definition) is 1. The number of phenolic OH excluding ortho intramolecular Hbond substituents is 1. The summed E-state index contributed by atoms with van der Waals surface area (Å²) in [4.78, 5) is 22.4. The fourth-order valence-electron chi connectivity index (χ4n) is 2.66. The molecule has 0 saturated carbocycles. The lowest BCUT2D eigenvalue weighted by Gasteiger charge is -2.19. The van der Waals surface area contributed by atoms with Gasteiger partial charge in [-0.25, -0.2) is 15.0 Å². The van der Waals surface area contributed by atoms with E-state index in [2.05, 4.69) is 15.1 Å². The minimum absolute atomic E-state index is 0.0396. The van der Waals surface area contributed by atoms with Gasteiger partial charge < -0.3 is 5.11 Å². The molecule has 1 N–H and O–H groups in total. The second-order valence-corrected chi connectivity index (χ2v) is 5.62. The molecule has 0 radical (unpaired) electrons. The van der Waals surface area contributed by atoms with Crippen molar-refractivity contribution in [2.45, 2.75) is 26.7 Å². The van der Waals surface area contributed by atoms with Crippen LogP contribution in [0.1, 0.15) is 25.5 Å².